The van der Waals surface area contributed by atoms with E-state index in [1.165, 1.54) is 5.56 Å². The van der Waals surface area contributed by atoms with E-state index in [1.807, 2.05) is 41.0 Å². The van der Waals surface area contributed by atoms with Gasteiger partial charge in [0.05, 0.1) is 19.0 Å². The van der Waals surface area contributed by atoms with Crippen molar-refractivity contribution in [3.8, 4) is 5.75 Å². The number of hydrogen-bond acceptors (Lipinski definition) is 3. The van der Waals surface area contributed by atoms with Crippen molar-refractivity contribution < 1.29 is 14.3 Å². The molecule has 3 aliphatic rings. The quantitative estimate of drug-likeness (QED) is 0.848. The molecule has 1 aliphatic carbocycles. The highest BCUT2D eigenvalue weighted by atomic mass is 16.5. The van der Waals surface area contributed by atoms with Crippen molar-refractivity contribution >= 4 is 11.8 Å². The summed E-state index contributed by atoms with van der Waals surface area (Å²) in [5.74, 6) is 0.977. The number of benzene rings is 1. The molecule has 3 fully saturated rings. The zero-order valence-corrected chi connectivity index (χ0v) is 13.4. The largest absolute Gasteiger partial charge is 0.487 e. The second-order valence-corrected chi connectivity index (χ2v) is 6.98. The van der Waals surface area contributed by atoms with Crippen molar-refractivity contribution in [2.24, 2.45) is 5.92 Å². The molecule has 23 heavy (non-hydrogen) atoms. The Balaban J connectivity index is 1.28. The van der Waals surface area contributed by atoms with Crippen LogP contribution in [0.5, 0.6) is 5.75 Å². The minimum absolute atomic E-state index is 0.0670. The van der Waals surface area contributed by atoms with E-state index in [1.54, 1.807) is 0 Å². The molecule has 2 heterocycles. The van der Waals surface area contributed by atoms with Crippen LogP contribution < -0.4 is 4.74 Å². The molecule has 5 nitrogen and oxygen atoms in total. The predicted octanol–water partition coefficient (Wildman–Crippen LogP) is 1.60. The van der Waals surface area contributed by atoms with Crippen LogP contribution in [0.3, 0.4) is 0 Å². The molecule has 1 aromatic rings. The number of amides is 2. The lowest BCUT2D eigenvalue weighted by atomic mass is 10.0. The summed E-state index contributed by atoms with van der Waals surface area (Å²) >= 11 is 0. The first-order chi connectivity index (χ1) is 11.1. The SMILES string of the molecule is Cc1cccc(OC2CN(C(=O)[C@@H]3CC(=O)N(C4CC4)C3)C2)c1. The number of carbonyl (C=O) groups is 2. The average Bonchev–Trinajstić information content (AvgIpc) is 3.24. The summed E-state index contributed by atoms with van der Waals surface area (Å²) in [5, 5.41) is 0. The molecular formula is C18H22N2O3. The van der Waals surface area contributed by atoms with Gasteiger partial charge in [0.1, 0.15) is 11.9 Å². The van der Waals surface area contributed by atoms with Gasteiger partial charge in [0.15, 0.2) is 0 Å². The van der Waals surface area contributed by atoms with E-state index in [0.717, 1.165) is 18.6 Å². The summed E-state index contributed by atoms with van der Waals surface area (Å²) in [4.78, 5) is 28.2. The number of likely N-dealkylation sites (tertiary alicyclic amines) is 2. The molecular weight excluding hydrogens is 292 g/mol. The Morgan fingerprint density at radius 3 is 2.70 bits per heavy atom. The molecule has 0 aromatic heterocycles. The maximum atomic E-state index is 12.5. The minimum Gasteiger partial charge on any atom is -0.487 e. The standard InChI is InChI=1S/C18H22N2O3/c1-12-3-2-4-15(7-12)23-16-10-19(11-16)18(22)13-8-17(21)20(9-13)14-5-6-14/h2-4,7,13-14,16H,5-6,8-11H2,1H3/t13-/m1/s1. The first-order valence-electron chi connectivity index (χ1n) is 8.42. The summed E-state index contributed by atoms with van der Waals surface area (Å²) in [5.41, 5.74) is 1.17. The summed E-state index contributed by atoms with van der Waals surface area (Å²) in [6.45, 7) is 3.90. The van der Waals surface area contributed by atoms with E-state index in [4.69, 9.17) is 4.74 Å². The van der Waals surface area contributed by atoms with Gasteiger partial charge in [-0.2, -0.15) is 0 Å². The topological polar surface area (TPSA) is 49.9 Å². The molecule has 0 radical (unpaired) electrons. The van der Waals surface area contributed by atoms with E-state index < -0.39 is 0 Å². The summed E-state index contributed by atoms with van der Waals surface area (Å²) < 4.78 is 5.89. The first kappa shape index (κ1) is 14.5. The van der Waals surface area contributed by atoms with E-state index >= 15 is 0 Å². The lowest BCUT2D eigenvalue weighted by molar-refractivity contribution is -0.144. The van der Waals surface area contributed by atoms with Crippen LogP contribution in [-0.4, -0.2) is 53.4 Å². The highest BCUT2D eigenvalue weighted by Gasteiger charge is 2.44. The van der Waals surface area contributed by atoms with Crippen molar-refractivity contribution in [2.45, 2.75) is 38.3 Å². The van der Waals surface area contributed by atoms with Gasteiger partial charge in [-0.1, -0.05) is 12.1 Å². The van der Waals surface area contributed by atoms with Crippen LogP contribution in [0.1, 0.15) is 24.8 Å². The molecule has 5 heteroatoms. The summed E-state index contributed by atoms with van der Waals surface area (Å²) in [6, 6.07) is 8.37. The molecule has 1 saturated carbocycles. The lowest BCUT2D eigenvalue weighted by Gasteiger charge is -2.40. The van der Waals surface area contributed by atoms with Crippen LogP contribution in [0, 0.1) is 12.8 Å². The predicted molar refractivity (Wildman–Crippen MR) is 85.0 cm³/mol. The van der Waals surface area contributed by atoms with E-state index in [-0.39, 0.29) is 23.8 Å². The fourth-order valence-electron chi connectivity index (χ4n) is 3.47. The van der Waals surface area contributed by atoms with Crippen molar-refractivity contribution in [2.75, 3.05) is 19.6 Å². The maximum absolute atomic E-state index is 12.5. The maximum Gasteiger partial charge on any atom is 0.228 e. The number of rotatable bonds is 4. The number of carbonyl (C=O) groups excluding carboxylic acids is 2. The van der Waals surface area contributed by atoms with Crippen molar-refractivity contribution in [1.82, 2.24) is 9.80 Å². The Morgan fingerprint density at radius 1 is 1.22 bits per heavy atom. The molecule has 0 bridgehead atoms. The fourth-order valence-corrected chi connectivity index (χ4v) is 3.47. The molecule has 2 amide bonds. The summed E-state index contributed by atoms with van der Waals surface area (Å²) in [7, 11) is 0. The molecule has 0 N–H and O–H groups in total. The lowest BCUT2D eigenvalue weighted by Crippen LogP contribution is -2.57. The highest BCUT2D eigenvalue weighted by Crippen LogP contribution is 2.33. The van der Waals surface area contributed by atoms with Crippen LogP contribution in [0.4, 0.5) is 0 Å². The Hall–Kier alpha value is -2.04. The third-order valence-electron chi connectivity index (χ3n) is 4.95. The fraction of sp³-hybridized carbons (Fsp3) is 0.556. The Morgan fingerprint density at radius 2 is 2.00 bits per heavy atom. The third-order valence-corrected chi connectivity index (χ3v) is 4.95. The van der Waals surface area contributed by atoms with Crippen LogP contribution in [-0.2, 0) is 9.59 Å². The van der Waals surface area contributed by atoms with Gasteiger partial charge >= 0.3 is 0 Å². The van der Waals surface area contributed by atoms with Gasteiger partial charge in [-0.25, -0.2) is 0 Å². The van der Waals surface area contributed by atoms with Gasteiger partial charge in [0.25, 0.3) is 0 Å². The normalized spacial score (nSPS) is 24.7. The molecule has 2 aliphatic heterocycles. The Labute approximate surface area is 136 Å². The zero-order chi connectivity index (χ0) is 16.0. The highest BCUT2D eigenvalue weighted by molar-refractivity contribution is 5.90. The molecule has 1 atom stereocenters. The molecule has 0 spiro atoms. The van der Waals surface area contributed by atoms with Crippen LogP contribution in [0.2, 0.25) is 0 Å². The first-order valence-corrected chi connectivity index (χ1v) is 8.42. The molecule has 2 saturated heterocycles. The van der Waals surface area contributed by atoms with Crippen molar-refractivity contribution in [3.05, 3.63) is 29.8 Å². The average molecular weight is 314 g/mol. The summed E-state index contributed by atoms with van der Waals surface area (Å²) in [6.07, 6.45) is 2.65. The van der Waals surface area contributed by atoms with E-state index in [0.29, 0.717) is 32.1 Å². The van der Waals surface area contributed by atoms with Gasteiger partial charge < -0.3 is 14.5 Å². The molecule has 1 aromatic carbocycles. The zero-order valence-electron chi connectivity index (χ0n) is 13.4. The monoisotopic (exact) mass is 314 g/mol. The van der Waals surface area contributed by atoms with Gasteiger partial charge in [0, 0.05) is 19.0 Å². The molecule has 0 unspecified atom stereocenters. The number of hydrogen-bond donors (Lipinski definition) is 0. The van der Waals surface area contributed by atoms with Gasteiger partial charge in [-0.15, -0.1) is 0 Å². The minimum atomic E-state index is -0.150. The molecule has 122 valence electrons. The van der Waals surface area contributed by atoms with Gasteiger partial charge in [-0.3, -0.25) is 9.59 Å². The second kappa shape index (κ2) is 5.55. The van der Waals surface area contributed by atoms with E-state index in [9.17, 15) is 9.59 Å². The van der Waals surface area contributed by atoms with Crippen LogP contribution in [0.25, 0.3) is 0 Å². The third kappa shape index (κ3) is 2.92. The van der Waals surface area contributed by atoms with Crippen molar-refractivity contribution in [1.29, 1.82) is 0 Å². The van der Waals surface area contributed by atoms with Crippen molar-refractivity contribution in [3.63, 3.8) is 0 Å². The van der Waals surface area contributed by atoms with Gasteiger partial charge in [0.2, 0.25) is 11.8 Å². The smallest absolute Gasteiger partial charge is 0.228 e. The Kier molecular flexibility index (Phi) is 3.51. The van der Waals surface area contributed by atoms with Gasteiger partial charge in [-0.05, 0) is 37.5 Å². The second-order valence-electron chi connectivity index (χ2n) is 6.98. The van der Waals surface area contributed by atoms with E-state index in [2.05, 4.69) is 0 Å². The molecule has 4 rings (SSSR count). The number of aryl methyl sites for hydroxylation is 1. The number of nitrogens with zero attached hydrogens (tertiary/aromatic N) is 2. The Bertz CT molecular complexity index is 635. The van der Waals surface area contributed by atoms with Crippen LogP contribution in [0.15, 0.2) is 24.3 Å². The number of ether oxygens (including phenoxy) is 1. The van der Waals surface area contributed by atoms with Crippen LogP contribution >= 0.6 is 0 Å².